The lowest BCUT2D eigenvalue weighted by atomic mass is 10.2. The number of nitrogens with two attached hydrogens (primary N) is 1. The molecule has 2 aromatic rings. The zero-order chi connectivity index (χ0) is 20.1. The van der Waals surface area contributed by atoms with E-state index in [1.807, 2.05) is 0 Å². The molecule has 3 rings (SSSR count). The van der Waals surface area contributed by atoms with Crippen LogP contribution in [0.5, 0.6) is 11.5 Å². The van der Waals surface area contributed by atoms with Gasteiger partial charge in [0.1, 0.15) is 0 Å². The quantitative estimate of drug-likeness (QED) is 0.699. The number of anilines is 1. The van der Waals surface area contributed by atoms with Crippen molar-refractivity contribution in [3.05, 3.63) is 58.0 Å². The van der Waals surface area contributed by atoms with Gasteiger partial charge in [0.25, 0.3) is 11.8 Å². The van der Waals surface area contributed by atoms with E-state index < -0.39 is 0 Å². The summed E-state index contributed by atoms with van der Waals surface area (Å²) in [6.07, 6.45) is 1.66. The molecule has 0 spiro atoms. The van der Waals surface area contributed by atoms with Gasteiger partial charge < -0.3 is 20.5 Å². The fraction of sp³-hybridized carbons (Fsp3) is 0.105. The topological polar surface area (TPSA) is 103 Å². The largest absolute Gasteiger partial charge is 0.493 e. The van der Waals surface area contributed by atoms with Crippen molar-refractivity contribution in [1.29, 1.82) is 0 Å². The highest BCUT2D eigenvalue weighted by Gasteiger charge is 2.19. The molecule has 1 aliphatic heterocycles. The normalized spacial score (nSPS) is 14.7. The molecule has 0 saturated heterocycles. The van der Waals surface area contributed by atoms with Crippen LogP contribution in [-0.2, 0) is 9.59 Å². The molecular weight excluding hydrogens is 402 g/mol. The molecule has 1 aliphatic rings. The van der Waals surface area contributed by atoms with E-state index in [0.29, 0.717) is 27.1 Å². The van der Waals surface area contributed by atoms with Gasteiger partial charge >= 0.3 is 0 Å². The number of carbonyl (C=O) groups is 2. The number of hydrogen-bond donors (Lipinski definition) is 2. The third kappa shape index (κ3) is 5.05. The number of halogens is 1. The zero-order valence-corrected chi connectivity index (χ0v) is 16.3. The van der Waals surface area contributed by atoms with Crippen LogP contribution in [0.2, 0.25) is 5.02 Å². The number of nitrogens with one attached hydrogen (secondary N) is 1. The Balaban J connectivity index is 1.64. The lowest BCUT2D eigenvalue weighted by Gasteiger charge is -2.12. The number of amidine groups is 1. The van der Waals surface area contributed by atoms with Crippen LogP contribution in [0.25, 0.3) is 6.08 Å². The predicted molar refractivity (Wildman–Crippen MR) is 111 cm³/mol. The summed E-state index contributed by atoms with van der Waals surface area (Å²) in [6, 6.07) is 11.9. The maximum absolute atomic E-state index is 12.1. The molecule has 28 heavy (non-hydrogen) atoms. The highest BCUT2D eigenvalue weighted by molar-refractivity contribution is 8.18. The van der Waals surface area contributed by atoms with Crippen molar-refractivity contribution in [1.82, 2.24) is 0 Å². The van der Waals surface area contributed by atoms with Gasteiger partial charge in [0.05, 0.1) is 12.0 Å². The molecule has 1 heterocycles. The number of rotatable bonds is 6. The second-order valence-electron chi connectivity index (χ2n) is 5.62. The van der Waals surface area contributed by atoms with Crippen molar-refractivity contribution in [2.24, 2.45) is 10.7 Å². The Morgan fingerprint density at radius 3 is 2.64 bits per heavy atom. The number of carbonyl (C=O) groups excluding carboxylic acids is 2. The summed E-state index contributed by atoms with van der Waals surface area (Å²) in [4.78, 5) is 27.8. The first-order valence-corrected chi connectivity index (χ1v) is 9.28. The second kappa shape index (κ2) is 8.81. The lowest BCUT2D eigenvalue weighted by Crippen LogP contribution is -2.20. The van der Waals surface area contributed by atoms with Crippen LogP contribution in [0.15, 0.2) is 52.4 Å². The summed E-state index contributed by atoms with van der Waals surface area (Å²) >= 11 is 6.92. The molecule has 2 amide bonds. The van der Waals surface area contributed by atoms with Gasteiger partial charge in [0, 0.05) is 10.7 Å². The minimum atomic E-state index is -0.374. The number of methoxy groups -OCH3 is 1. The minimum Gasteiger partial charge on any atom is -0.493 e. The standard InChI is InChI=1S/C19H16ClN3O4S/c1-26-15-8-11(9-16-18(25)23-19(21)28-16)2-7-14(15)27-10-17(24)22-13-5-3-12(20)4-6-13/h2-9H,10H2,1H3,(H,22,24)(H2,21,23,25)/b16-9-. The van der Waals surface area contributed by atoms with Crippen LogP contribution in [0.1, 0.15) is 5.56 Å². The van der Waals surface area contributed by atoms with Crippen molar-refractivity contribution in [2.75, 3.05) is 19.0 Å². The van der Waals surface area contributed by atoms with Crippen LogP contribution < -0.4 is 20.5 Å². The third-order valence-corrected chi connectivity index (χ3v) is 4.67. The maximum atomic E-state index is 12.1. The number of hydrogen-bond acceptors (Lipinski definition) is 6. The van der Waals surface area contributed by atoms with Gasteiger partial charge in [-0.15, -0.1) is 0 Å². The summed E-state index contributed by atoms with van der Waals surface area (Å²) < 4.78 is 10.9. The molecule has 0 aliphatic carbocycles. The molecule has 0 fully saturated rings. The highest BCUT2D eigenvalue weighted by atomic mass is 35.5. The van der Waals surface area contributed by atoms with Crippen molar-refractivity contribution >= 4 is 52.1 Å². The Morgan fingerprint density at radius 1 is 1.25 bits per heavy atom. The Labute approximate surface area is 170 Å². The molecule has 7 nitrogen and oxygen atoms in total. The van der Waals surface area contributed by atoms with Gasteiger partial charge in [-0.05, 0) is 59.8 Å². The van der Waals surface area contributed by atoms with Gasteiger partial charge in [0.2, 0.25) is 0 Å². The van der Waals surface area contributed by atoms with E-state index in [1.165, 1.54) is 7.11 Å². The molecule has 0 radical (unpaired) electrons. The smallest absolute Gasteiger partial charge is 0.286 e. The number of thioether (sulfide) groups is 1. The van der Waals surface area contributed by atoms with Gasteiger partial charge in [0.15, 0.2) is 23.3 Å². The van der Waals surface area contributed by atoms with Crippen LogP contribution in [-0.4, -0.2) is 30.7 Å². The molecule has 0 saturated carbocycles. The maximum Gasteiger partial charge on any atom is 0.286 e. The number of benzene rings is 2. The van der Waals surface area contributed by atoms with Gasteiger partial charge in [-0.25, -0.2) is 0 Å². The van der Waals surface area contributed by atoms with Crippen LogP contribution >= 0.6 is 23.4 Å². The molecule has 9 heteroatoms. The fourth-order valence-corrected chi connectivity index (χ4v) is 3.15. The zero-order valence-electron chi connectivity index (χ0n) is 14.8. The van der Waals surface area contributed by atoms with Gasteiger partial charge in [-0.3, -0.25) is 9.59 Å². The van der Waals surface area contributed by atoms with Crippen molar-refractivity contribution in [2.45, 2.75) is 0 Å². The average Bonchev–Trinajstić information content (AvgIpc) is 2.99. The molecule has 0 aromatic heterocycles. The summed E-state index contributed by atoms with van der Waals surface area (Å²) in [7, 11) is 1.49. The van der Waals surface area contributed by atoms with Gasteiger partial charge in [-0.2, -0.15) is 4.99 Å². The van der Waals surface area contributed by atoms with Crippen molar-refractivity contribution < 1.29 is 19.1 Å². The molecule has 0 atom stereocenters. The van der Waals surface area contributed by atoms with Crippen molar-refractivity contribution in [3.8, 4) is 11.5 Å². The lowest BCUT2D eigenvalue weighted by molar-refractivity contribution is -0.118. The molecule has 0 bridgehead atoms. The Morgan fingerprint density at radius 2 is 2.00 bits per heavy atom. The van der Waals surface area contributed by atoms with Crippen LogP contribution in [0.3, 0.4) is 0 Å². The molecule has 0 unspecified atom stereocenters. The van der Waals surface area contributed by atoms with E-state index in [1.54, 1.807) is 48.5 Å². The van der Waals surface area contributed by atoms with Crippen LogP contribution in [0.4, 0.5) is 5.69 Å². The second-order valence-corrected chi connectivity index (χ2v) is 7.12. The first-order valence-electron chi connectivity index (χ1n) is 8.09. The number of amides is 2. The van der Waals surface area contributed by atoms with E-state index in [4.69, 9.17) is 26.8 Å². The summed E-state index contributed by atoms with van der Waals surface area (Å²) in [5.74, 6) is 0.131. The summed E-state index contributed by atoms with van der Waals surface area (Å²) in [5.41, 5.74) is 6.88. The van der Waals surface area contributed by atoms with E-state index in [0.717, 1.165) is 17.3 Å². The fourth-order valence-electron chi connectivity index (χ4n) is 2.34. The number of nitrogens with zero attached hydrogens (tertiary/aromatic N) is 1. The molecular formula is C19H16ClN3O4S. The first-order chi connectivity index (χ1) is 13.4. The summed E-state index contributed by atoms with van der Waals surface area (Å²) in [6.45, 7) is -0.196. The first kappa shape index (κ1) is 19.8. The third-order valence-electron chi connectivity index (χ3n) is 3.61. The number of ether oxygens (including phenoxy) is 2. The Hall–Kier alpha value is -2.97. The number of aliphatic imine (C=N–C) groups is 1. The Bertz CT molecular complexity index is 974. The van der Waals surface area contributed by atoms with E-state index >= 15 is 0 Å². The monoisotopic (exact) mass is 417 g/mol. The van der Waals surface area contributed by atoms with E-state index in [2.05, 4.69) is 10.3 Å². The molecule has 144 valence electrons. The van der Waals surface area contributed by atoms with Gasteiger partial charge in [-0.1, -0.05) is 17.7 Å². The van der Waals surface area contributed by atoms with E-state index in [9.17, 15) is 9.59 Å². The predicted octanol–water partition coefficient (Wildman–Crippen LogP) is 3.30. The SMILES string of the molecule is COc1cc(/C=C2\SC(N)=NC2=O)ccc1OCC(=O)Nc1ccc(Cl)cc1. The van der Waals surface area contributed by atoms with E-state index in [-0.39, 0.29) is 23.6 Å². The molecule has 2 aromatic carbocycles. The average molecular weight is 418 g/mol. The van der Waals surface area contributed by atoms with Crippen LogP contribution in [0, 0.1) is 0 Å². The minimum absolute atomic E-state index is 0.196. The Kier molecular flexibility index (Phi) is 6.23. The summed E-state index contributed by atoms with van der Waals surface area (Å²) in [5, 5.41) is 3.51. The highest BCUT2D eigenvalue weighted by Crippen LogP contribution is 2.31. The van der Waals surface area contributed by atoms with Crippen molar-refractivity contribution in [3.63, 3.8) is 0 Å². The molecule has 3 N–H and O–H groups in total.